The van der Waals surface area contributed by atoms with Gasteiger partial charge in [-0.2, -0.15) is 13.2 Å². The molecule has 1 heterocycles. The summed E-state index contributed by atoms with van der Waals surface area (Å²) in [5.74, 6) is 0.000552. The van der Waals surface area contributed by atoms with Crippen LogP contribution in [0, 0.1) is 17.8 Å². The Morgan fingerprint density at radius 3 is 2.48 bits per heavy atom. The van der Waals surface area contributed by atoms with Crippen LogP contribution >= 0.6 is 0 Å². The first kappa shape index (κ1) is 17.0. The number of hydrogen-bond acceptors (Lipinski definition) is 4. The normalized spacial score (nSPS) is 36.2. The standard InChI is InChI=1S/C15H25F3N4O/c16-15(17,18)11(22-5-3-20-4-6-22)8-21-14(23)12-9-1-2-10(7-9)13(12)19/h9-13,20H,1-8,19H2,(H,21,23). The number of piperazine rings is 1. The summed E-state index contributed by atoms with van der Waals surface area (Å²) in [7, 11) is 0. The van der Waals surface area contributed by atoms with Crippen molar-refractivity contribution in [2.75, 3.05) is 32.7 Å². The summed E-state index contributed by atoms with van der Waals surface area (Å²) in [6.07, 6.45) is -1.39. The molecule has 5 atom stereocenters. The lowest BCUT2D eigenvalue weighted by molar-refractivity contribution is -0.184. The van der Waals surface area contributed by atoms with Crippen LogP contribution < -0.4 is 16.4 Å². The summed E-state index contributed by atoms with van der Waals surface area (Å²) in [4.78, 5) is 13.8. The van der Waals surface area contributed by atoms with E-state index >= 15 is 0 Å². The predicted octanol–water partition coefficient (Wildman–Crippen LogP) is 0.312. The maximum atomic E-state index is 13.3. The lowest BCUT2D eigenvalue weighted by Gasteiger charge is -2.36. The summed E-state index contributed by atoms with van der Waals surface area (Å²) >= 11 is 0. The Kier molecular flexibility index (Phi) is 4.85. The molecule has 5 nitrogen and oxygen atoms in total. The van der Waals surface area contributed by atoms with Crippen molar-refractivity contribution < 1.29 is 18.0 Å². The molecule has 0 aromatic carbocycles. The zero-order valence-electron chi connectivity index (χ0n) is 13.1. The van der Waals surface area contributed by atoms with Gasteiger partial charge in [0, 0.05) is 38.8 Å². The fourth-order valence-electron chi connectivity index (χ4n) is 4.49. The molecule has 1 amide bonds. The predicted molar refractivity (Wildman–Crippen MR) is 79.6 cm³/mol. The highest BCUT2D eigenvalue weighted by molar-refractivity contribution is 5.80. The Morgan fingerprint density at radius 2 is 1.91 bits per heavy atom. The van der Waals surface area contributed by atoms with E-state index in [0.717, 1.165) is 19.3 Å². The maximum absolute atomic E-state index is 13.3. The van der Waals surface area contributed by atoms with Crippen molar-refractivity contribution in [3.63, 3.8) is 0 Å². The molecule has 2 saturated carbocycles. The first-order valence-electron chi connectivity index (χ1n) is 8.42. The third kappa shape index (κ3) is 3.49. The van der Waals surface area contributed by atoms with E-state index in [1.54, 1.807) is 0 Å². The molecule has 0 aromatic rings. The van der Waals surface area contributed by atoms with Gasteiger partial charge in [0.25, 0.3) is 0 Å². The number of carbonyl (C=O) groups excluding carboxylic acids is 1. The van der Waals surface area contributed by atoms with Gasteiger partial charge in [0.2, 0.25) is 5.91 Å². The first-order chi connectivity index (χ1) is 10.9. The van der Waals surface area contributed by atoms with E-state index in [9.17, 15) is 18.0 Å². The molecule has 23 heavy (non-hydrogen) atoms. The molecule has 0 aromatic heterocycles. The SMILES string of the molecule is NC1C2CCC(C2)C1C(=O)NCC(N1CCNCC1)C(F)(F)F. The second-order valence-electron chi connectivity index (χ2n) is 7.02. The van der Waals surface area contributed by atoms with Gasteiger partial charge in [-0.25, -0.2) is 0 Å². The molecule has 3 rings (SSSR count). The van der Waals surface area contributed by atoms with Gasteiger partial charge in [0.1, 0.15) is 6.04 Å². The smallest absolute Gasteiger partial charge is 0.354 e. The summed E-state index contributed by atoms with van der Waals surface area (Å²) < 4.78 is 40.0. The van der Waals surface area contributed by atoms with Gasteiger partial charge in [-0.15, -0.1) is 0 Å². The summed E-state index contributed by atoms with van der Waals surface area (Å²) in [5.41, 5.74) is 6.10. The lowest BCUT2D eigenvalue weighted by Crippen LogP contribution is -2.58. The summed E-state index contributed by atoms with van der Waals surface area (Å²) in [6.45, 7) is 1.37. The summed E-state index contributed by atoms with van der Waals surface area (Å²) in [6, 6.07) is -1.82. The number of fused-ring (bicyclic) bond motifs is 2. The van der Waals surface area contributed by atoms with Crippen molar-refractivity contribution in [3.8, 4) is 0 Å². The third-order valence-electron chi connectivity index (χ3n) is 5.72. The van der Waals surface area contributed by atoms with Crippen LogP contribution in [0.3, 0.4) is 0 Å². The average molecular weight is 334 g/mol. The van der Waals surface area contributed by atoms with Crippen molar-refractivity contribution >= 4 is 5.91 Å². The van der Waals surface area contributed by atoms with Crippen LogP contribution in [0.4, 0.5) is 13.2 Å². The second kappa shape index (κ2) is 6.57. The van der Waals surface area contributed by atoms with Crippen LogP contribution in [0.5, 0.6) is 0 Å². The van der Waals surface area contributed by atoms with Gasteiger partial charge in [-0.3, -0.25) is 9.69 Å². The molecular formula is C15H25F3N4O. The summed E-state index contributed by atoms with van der Waals surface area (Å²) in [5, 5.41) is 5.58. The third-order valence-corrected chi connectivity index (χ3v) is 5.72. The topological polar surface area (TPSA) is 70.4 Å². The van der Waals surface area contributed by atoms with Crippen LogP contribution in [-0.4, -0.2) is 61.8 Å². The Morgan fingerprint density at radius 1 is 1.26 bits per heavy atom. The molecule has 4 N–H and O–H groups in total. The lowest BCUT2D eigenvalue weighted by atomic mass is 9.84. The molecule has 0 spiro atoms. The number of amides is 1. The zero-order chi connectivity index (χ0) is 16.6. The van der Waals surface area contributed by atoms with Gasteiger partial charge in [0.05, 0.1) is 5.92 Å². The van der Waals surface area contributed by atoms with Crippen LogP contribution in [-0.2, 0) is 4.79 Å². The largest absolute Gasteiger partial charge is 0.405 e. The fourth-order valence-corrected chi connectivity index (χ4v) is 4.49. The van der Waals surface area contributed by atoms with Crippen LogP contribution in [0.25, 0.3) is 0 Å². The number of rotatable bonds is 4. The number of carbonyl (C=O) groups is 1. The number of hydrogen-bond donors (Lipinski definition) is 3. The van der Waals surface area contributed by atoms with Crippen molar-refractivity contribution in [1.82, 2.24) is 15.5 Å². The Labute approximate surface area is 134 Å². The minimum Gasteiger partial charge on any atom is -0.354 e. The van der Waals surface area contributed by atoms with Gasteiger partial charge in [-0.1, -0.05) is 0 Å². The van der Waals surface area contributed by atoms with Gasteiger partial charge >= 0.3 is 6.18 Å². The minimum absolute atomic E-state index is 0.197. The number of halogens is 3. The molecule has 1 saturated heterocycles. The quantitative estimate of drug-likeness (QED) is 0.692. The number of nitrogens with one attached hydrogen (secondary N) is 2. The van der Waals surface area contributed by atoms with E-state index in [-0.39, 0.29) is 30.3 Å². The van der Waals surface area contributed by atoms with Crippen molar-refractivity contribution in [3.05, 3.63) is 0 Å². The first-order valence-corrected chi connectivity index (χ1v) is 8.42. The van der Waals surface area contributed by atoms with Crippen molar-refractivity contribution in [2.24, 2.45) is 23.5 Å². The van der Waals surface area contributed by atoms with Crippen molar-refractivity contribution in [1.29, 1.82) is 0 Å². The number of nitrogens with two attached hydrogens (primary N) is 1. The van der Waals surface area contributed by atoms with E-state index in [0.29, 0.717) is 32.1 Å². The molecule has 132 valence electrons. The number of nitrogens with zero attached hydrogens (tertiary/aromatic N) is 1. The highest BCUT2D eigenvalue weighted by Crippen LogP contribution is 2.47. The molecule has 2 aliphatic carbocycles. The molecule has 8 heteroatoms. The van der Waals surface area contributed by atoms with E-state index in [1.807, 2.05) is 0 Å². The molecule has 3 fully saturated rings. The van der Waals surface area contributed by atoms with Crippen molar-refractivity contribution in [2.45, 2.75) is 37.5 Å². The Hall–Kier alpha value is -0.860. The van der Waals surface area contributed by atoms with Gasteiger partial charge < -0.3 is 16.4 Å². The maximum Gasteiger partial charge on any atom is 0.405 e. The molecule has 3 aliphatic rings. The molecular weight excluding hydrogens is 309 g/mol. The molecule has 0 radical (unpaired) electrons. The van der Waals surface area contributed by atoms with E-state index in [1.165, 1.54) is 4.90 Å². The van der Waals surface area contributed by atoms with Gasteiger partial charge in [0.15, 0.2) is 0 Å². The molecule has 2 bridgehead atoms. The average Bonchev–Trinajstić information content (AvgIpc) is 3.08. The van der Waals surface area contributed by atoms with E-state index < -0.39 is 12.2 Å². The molecule has 1 aliphatic heterocycles. The van der Waals surface area contributed by atoms with E-state index in [2.05, 4.69) is 10.6 Å². The van der Waals surface area contributed by atoms with Crippen LogP contribution in [0.2, 0.25) is 0 Å². The van der Waals surface area contributed by atoms with Gasteiger partial charge in [-0.05, 0) is 31.1 Å². The number of alkyl halides is 3. The van der Waals surface area contributed by atoms with Crippen LogP contribution in [0.1, 0.15) is 19.3 Å². The fraction of sp³-hybridized carbons (Fsp3) is 0.933. The Bertz CT molecular complexity index is 437. The molecule has 5 unspecified atom stereocenters. The monoisotopic (exact) mass is 334 g/mol. The highest BCUT2D eigenvalue weighted by Gasteiger charge is 2.50. The Balaban J connectivity index is 1.59. The second-order valence-corrected chi connectivity index (χ2v) is 7.02. The van der Waals surface area contributed by atoms with Crippen LogP contribution in [0.15, 0.2) is 0 Å². The highest BCUT2D eigenvalue weighted by atomic mass is 19.4. The van der Waals surface area contributed by atoms with E-state index in [4.69, 9.17) is 5.73 Å². The zero-order valence-corrected chi connectivity index (χ0v) is 13.1. The minimum atomic E-state index is -4.35.